The quantitative estimate of drug-likeness (QED) is 0.566. The second kappa shape index (κ2) is 7.68. The summed E-state index contributed by atoms with van der Waals surface area (Å²) in [5, 5.41) is 5.60. The van der Waals surface area contributed by atoms with E-state index in [9.17, 15) is 18.0 Å². The van der Waals surface area contributed by atoms with Crippen molar-refractivity contribution in [2.24, 2.45) is 0 Å². The first-order valence-electron chi connectivity index (χ1n) is 10.1. The number of rotatable bonds is 3. The van der Waals surface area contributed by atoms with E-state index < -0.39 is 12.0 Å². The molecule has 0 aliphatic carbocycles. The molecule has 3 aromatic rings. The number of ether oxygens (including phenoxy) is 2. The average Bonchev–Trinajstić information content (AvgIpc) is 2.99. The summed E-state index contributed by atoms with van der Waals surface area (Å²) in [6.45, 7) is 8.33. The van der Waals surface area contributed by atoms with Crippen LogP contribution in [0.15, 0.2) is 36.5 Å². The van der Waals surface area contributed by atoms with Gasteiger partial charge in [-0.1, -0.05) is 0 Å². The number of hydrogen-bond donors (Lipinski definition) is 0. The third-order valence-electron chi connectivity index (χ3n) is 5.04. The third kappa shape index (κ3) is 4.49. The minimum atomic E-state index is -4.75. The SMILES string of the molecule is Cc1ccnc2c1c(C1CN(C(=O)OC(C)(C)C)C1)nn2-c1ccc(OC(F)(F)F)cc1. The number of carbonyl (C=O) groups is 1. The number of halogens is 3. The number of amides is 1. The fourth-order valence-corrected chi connectivity index (χ4v) is 3.61. The van der Waals surface area contributed by atoms with E-state index in [0.717, 1.165) is 16.6 Å². The molecule has 0 atom stereocenters. The van der Waals surface area contributed by atoms with E-state index in [1.807, 2.05) is 33.8 Å². The molecule has 1 aliphatic rings. The lowest BCUT2D eigenvalue weighted by Crippen LogP contribution is -2.50. The second-order valence-corrected chi connectivity index (χ2v) is 8.75. The molecular weight excluding hydrogens is 425 g/mol. The summed E-state index contributed by atoms with van der Waals surface area (Å²) in [5.41, 5.74) is 2.35. The van der Waals surface area contributed by atoms with Crippen molar-refractivity contribution in [3.8, 4) is 11.4 Å². The monoisotopic (exact) mass is 448 g/mol. The molecule has 0 N–H and O–H groups in total. The number of aromatic nitrogens is 3. The largest absolute Gasteiger partial charge is 0.573 e. The van der Waals surface area contributed by atoms with Gasteiger partial charge in [-0.15, -0.1) is 13.2 Å². The summed E-state index contributed by atoms with van der Waals surface area (Å²) >= 11 is 0. The van der Waals surface area contributed by atoms with E-state index in [4.69, 9.17) is 9.84 Å². The van der Waals surface area contributed by atoms with Crippen LogP contribution in [0.5, 0.6) is 5.75 Å². The van der Waals surface area contributed by atoms with Crippen LogP contribution in [0.3, 0.4) is 0 Å². The van der Waals surface area contributed by atoms with Gasteiger partial charge in [-0.2, -0.15) is 5.10 Å². The number of benzene rings is 1. The molecule has 3 heterocycles. The summed E-state index contributed by atoms with van der Waals surface area (Å²) < 4.78 is 48.3. The number of pyridine rings is 1. The number of aryl methyl sites for hydroxylation is 1. The van der Waals surface area contributed by atoms with Crippen LogP contribution in [-0.4, -0.2) is 50.8 Å². The van der Waals surface area contributed by atoms with Gasteiger partial charge in [-0.3, -0.25) is 0 Å². The van der Waals surface area contributed by atoms with Crippen molar-refractivity contribution in [1.29, 1.82) is 0 Å². The molecule has 10 heteroatoms. The fourth-order valence-electron chi connectivity index (χ4n) is 3.61. The zero-order valence-corrected chi connectivity index (χ0v) is 18.1. The highest BCUT2D eigenvalue weighted by molar-refractivity contribution is 5.84. The molecule has 1 aliphatic heterocycles. The lowest BCUT2D eigenvalue weighted by Gasteiger charge is -2.39. The Morgan fingerprint density at radius 2 is 1.75 bits per heavy atom. The molecule has 4 rings (SSSR count). The zero-order valence-electron chi connectivity index (χ0n) is 18.1. The van der Waals surface area contributed by atoms with Crippen molar-refractivity contribution < 1.29 is 27.4 Å². The minimum absolute atomic E-state index is 0.00186. The van der Waals surface area contributed by atoms with Crippen LogP contribution in [0, 0.1) is 6.92 Å². The van der Waals surface area contributed by atoms with E-state index in [1.54, 1.807) is 15.8 Å². The normalized spacial score (nSPS) is 15.0. The highest BCUT2D eigenvalue weighted by Gasteiger charge is 2.37. The molecule has 0 bridgehead atoms. The van der Waals surface area contributed by atoms with E-state index in [1.165, 1.54) is 24.3 Å². The van der Waals surface area contributed by atoms with Crippen LogP contribution in [0.1, 0.15) is 37.9 Å². The summed E-state index contributed by atoms with van der Waals surface area (Å²) in [6, 6.07) is 7.34. The highest BCUT2D eigenvalue weighted by Crippen LogP contribution is 2.35. The first-order chi connectivity index (χ1) is 14.9. The molecule has 7 nitrogen and oxygen atoms in total. The Morgan fingerprint density at radius 1 is 1.09 bits per heavy atom. The Labute approximate surface area is 182 Å². The number of fused-ring (bicyclic) bond motifs is 1. The van der Waals surface area contributed by atoms with Crippen molar-refractivity contribution >= 4 is 17.1 Å². The van der Waals surface area contributed by atoms with Crippen LogP contribution >= 0.6 is 0 Å². The summed E-state index contributed by atoms with van der Waals surface area (Å²) in [4.78, 5) is 18.3. The van der Waals surface area contributed by atoms with Gasteiger partial charge in [0, 0.05) is 30.6 Å². The summed E-state index contributed by atoms with van der Waals surface area (Å²) in [6.07, 6.45) is -3.46. The molecule has 1 aromatic carbocycles. The van der Waals surface area contributed by atoms with Gasteiger partial charge >= 0.3 is 12.5 Å². The van der Waals surface area contributed by atoms with Crippen molar-refractivity contribution in [1.82, 2.24) is 19.7 Å². The third-order valence-corrected chi connectivity index (χ3v) is 5.04. The average molecular weight is 448 g/mol. The Hall–Kier alpha value is -3.30. The topological polar surface area (TPSA) is 69.5 Å². The molecule has 32 heavy (non-hydrogen) atoms. The molecule has 0 radical (unpaired) electrons. The predicted molar refractivity (Wildman–Crippen MR) is 111 cm³/mol. The second-order valence-electron chi connectivity index (χ2n) is 8.75. The molecule has 1 fully saturated rings. The van der Waals surface area contributed by atoms with Crippen LogP contribution in [0.4, 0.5) is 18.0 Å². The van der Waals surface area contributed by atoms with Gasteiger partial charge in [0.15, 0.2) is 5.65 Å². The Bertz CT molecular complexity index is 1140. The maximum atomic E-state index is 12.4. The van der Waals surface area contributed by atoms with Crippen molar-refractivity contribution in [3.63, 3.8) is 0 Å². The van der Waals surface area contributed by atoms with Crippen molar-refractivity contribution in [2.45, 2.75) is 45.6 Å². The zero-order chi connectivity index (χ0) is 23.3. The Kier molecular flexibility index (Phi) is 5.26. The number of carbonyl (C=O) groups excluding carboxylic acids is 1. The molecular formula is C22H23F3N4O3. The van der Waals surface area contributed by atoms with E-state index in [-0.39, 0.29) is 17.8 Å². The molecule has 1 saturated heterocycles. The van der Waals surface area contributed by atoms with Gasteiger partial charge < -0.3 is 14.4 Å². The van der Waals surface area contributed by atoms with Crippen molar-refractivity contribution in [2.75, 3.05) is 13.1 Å². The number of nitrogens with zero attached hydrogens (tertiary/aromatic N) is 4. The molecule has 170 valence electrons. The van der Waals surface area contributed by atoms with Gasteiger partial charge in [0.1, 0.15) is 11.4 Å². The van der Waals surface area contributed by atoms with Gasteiger partial charge in [-0.25, -0.2) is 14.5 Å². The lowest BCUT2D eigenvalue weighted by molar-refractivity contribution is -0.274. The summed E-state index contributed by atoms with van der Waals surface area (Å²) in [7, 11) is 0. The van der Waals surface area contributed by atoms with E-state index >= 15 is 0 Å². The van der Waals surface area contributed by atoms with E-state index in [2.05, 4.69) is 9.72 Å². The lowest BCUT2D eigenvalue weighted by atomic mass is 9.94. The van der Waals surface area contributed by atoms with Crippen LogP contribution < -0.4 is 4.74 Å². The molecule has 0 spiro atoms. The maximum absolute atomic E-state index is 12.4. The van der Waals surface area contributed by atoms with Crippen LogP contribution in [0.2, 0.25) is 0 Å². The Balaban J connectivity index is 1.62. The highest BCUT2D eigenvalue weighted by atomic mass is 19.4. The first-order valence-corrected chi connectivity index (χ1v) is 10.1. The minimum Gasteiger partial charge on any atom is -0.444 e. The summed E-state index contributed by atoms with van der Waals surface area (Å²) in [5.74, 6) is -0.309. The maximum Gasteiger partial charge on any atom is 0.573 e. The van der Waals surface area contributed by atoms with Gasteiger partial charge in [0.05, 0.1) is 11.4 Å². The number of hydrogen-bond acceptors (Lipinski definition) is 5. The first kappa shape index (κ1) is 21.9. The number of alkyl halides is 3. The van der Waals surface area contributed by atoms with Gasteiger partial charge in [-0.05, 0) is 63.6 Å². The predicted octanol–water partition coefficient (Wildman–Crippen LogP) is 4.96. The molecule has 0 unspecified atom stereocenters. The molecule has 1 amide bonds. The fraction of sp³-hybridized carbons (Fsp3) is 0.409. The van der Waals surface area contributed by atoms with Crippen LogP contribution in [0.25, 0.3) is 16.7 Å². The Morgan fingerprint density at radius 3 is 2.34 bits per heavy atom. The molecule has 0 saturated carbocycles. The van der Waals surface area contributed by atoms with Gasteiger partial charge in [0.2, 0.25) is 0 Å². The molecule has 2 aromatic heterocycles. The standard InChI is InChI=1S/C22H23F3N4O3/c1-13-9-10-26-19-17(13)18(14-11-28(12-14)20(30)32-21(2,3)4)27-29(19)15-5-7-16(8-6-15)31-22(23,24)25/h5-10,14H,11-12H2,1-4H3. The van der Waals surface area contributed by atoms with E-state index in [0.29, 0.717) is 24.4 Å². The van der Waals surface area contributed by atoms with Crippen molar-refractivity contribution in [3.05, 3.63) is 47.8 Å². The number of likely N-dealkylation sites (tertiary alicyclic amines) is 1. The van der Waals surface area contributed by atoms with Gasteiger partial charge in [0.25, 0.3) is 0 Å². The van der Waals surface area contributed by atoms with Crippen LogP contribution in [-0.2, 0) is 4.74 Å². The smallest absolute Gasteiger partial charge is 0.444 e.